The summed E-state index contributed by atoms with van der Waals surface area (Å²) in [7, 11) is -3.53. The Morgan fingerprint density at radius 1 is 1.06 bits per heavy atom. The number of hydrogen-bond donors (Lipinski definition) is 1. The van der Waals surface area contributed by atoms with Gasteiger partial charge in [0.2, 0.25) is 0 Å². The first-order valence-corrected chi connectivity index (χ1v) is 8.18. The molecule has 1 aromatic carbocycles. The van der Waals surface area contributed by atoms with Crippen LogP contribution < -0.4 is 4.83 Å². The molecule has 0 amide bonds. The highest BCUT2D eigenvalue weighted by molar-refractivity contribution is 9.10. The molecule has 1 aliphatic rings. The first-order chi connectivity index (χ1) is 8.58. The molecule has 1 fully saturated rings. The van der Waals surface area contributed by atoms with Crippen LogP contribution in [-0.2, 0) is 10.0 Å². The van der Waals surface area contributed by atoms with Crippen molar-refractivity contribution in [1.82, 2.24) is 4.83 Å². The summed E-state index contributed by atoms with van der Waals surface area (Å²) in [5, 5.41) is 4.02. The van der Waals surface area contributed by atoms with E-state index >= 15 is 0 Å². The Labute approximate surface area is 116 Å². The van der Waals surface area contributed by atoms with E-state index in [-0.39, 0.29) is 4.90 Å². The molecule has 0 heterocycles. The van der Waals surface area contributed by atoms with E-state index in [4.69, 9.17) is 0 Å². The number of hydrazone groups is 1. The van der Waals surface area contributed by atoms with Gasteiger partial charge in [-0.1, -0.05) is 22.4 Å². The predicted molar refractivity (Wildman–Crippen MR) is 75.0 cm³/mol. The van der Waals surface area contributed by atoms with Crippen molar-refractivity contribution in [3.63, 3.8) is 0 Å². The lowest BCUT2D eigenvalue weighted by Crippen LogP contribution is -2.21. The van der Waals surface area contributed by atoms with Crippen molar-refractivity contribution in [1.29, 1.82) is 0 Å². The molecule has 1 N–H and O–H groups in total. The second-order valence-corrected chi connectivity index (χ2v) is 6.86. The summed E-state index contributed by atoms with van der Waals surface area (Å²) in [6.45, 7) is 0. The van der Waals surface area contributed by atoms with E-state index < -0.39 is 10.0 Å². The lowest BCUT2D eigenvalue weighted by atomic mass is 9.99. The summed E-state index contributed by atoms with van der Waals surface area (Å²) in [6.07, 6.45) is 5.18. The van der Waals surface area contributed by atoms with Crippen LogP contribution in [0.3, 0.4) is 0 Å². The Balaban J connectivity index is 2.09. The molecule has 0 saturated heterocycles. The third-order valence-corrected chi connectivity index (χ3v) is 4.63. The van der Waals surface area contributed by atoms with Crippen LogP contribution in [0.4, 0.5) is 0 Å². The molecule has 0 radical (unpaired) electrons. The third kappa shape index (κ3) is 3.55. The van der Waals surface area contributed by atoms with Crippen LogP contribution in [0.25, 0.3) is 0 Å². The standard InChI is InChI=1S/C12H15BrN2O2S/c13-10-6-8-12(9-7-10)18(16,17)15-14-11-4-2-1-3-5-11/h6-9,15H,1-5H2. The van der Waals surface area contributed by atoms with Gasteiger partial charge in [0.25, 0.3) is 10.0 Å². The molecule has 6 heteroatoms. The minimum atomic E-state index is -3.53. The van der Waals surface area contributed by atoms with Gasteiger partial charge in [-0.25, -0.2) is 4.83 Å². The first-order valence-electron chi connectivity index (χ1n) is 5.91. The highest BCUT2D eigenvalue weighted by Crippen LogP contribution is 2.16. The summed E-state index contributed by atoms with van der Waals surface area (Å²) in [5.74, 6) is 0. The van der Waals surface area contributed by atoms with Crippen LogP contribution in [-0.4, -0.2) is 14.1 Å². The largest absolute Gasteiger partial charge is 0.276 e. The molecule has 0 aromatic heterocycles. The second-order valence-electron chi connectivity index (χ2n) is 4.29. The quantitative estimate of drug-likeness (QED) is 0.866. The molecule has 0 unspecified atom stereocenters. The Morgan fingerprint density at radius 2 is 1.67 bits per heavy atom. The zero-order chi connectivity index (χ0) is 13.0. The molecule has 4 nitrogen and oxygen atoms in total. The molecule has 98 valence electrons. The van der Waals surface area contributed by atoms with Gasteiger partial charge in [0.05, 0.1) is 4.90 Å². The molecule has 18 heavy (non-hydrogen) atoms. The van der Waals surface area contributed by atoms with Gasteiger partial charge in [0.15, 0.2) is 0 Å². The monoisotopic (exact) mass is 330 g/mol. The van der Waals surface area contributed by atoms with E-state index in [9.17, 15) is 8.42 Å². The van der Waals surface area contributed by atoms with Gasteiger partial charge >= 0.3 is 0 Å². The zero-order valence-electron chi connectivity index (χ0n) is 9.89. The highest BCUT2D eigenvalue weighted by atomic mass is 79.9. The molecular formula is C12H15BrN2O2S. The number of halogens is 1. The van der Waals surface area contributed by atoms with Crippen molar-refractivity contribution >= 4 is 31.7 Å². The number of hydrogen-bond acceptors (Lipinski definition) is 3. The number of benzene rings is 1. The van der Waals surface area contributed by atoms with Crippen molar-refractivity contribution in [3.8, 4) is 0 Å². The van der Waals surface area contributed by atoms with Crippen LogP contribution in [0.1, 0.15) is 32.1 Å². The van der Waals surface area contributed by atoms with Crippen molar-refractivity contribution in [2.24, 2.45) is 5.10 Å². The molecule has 1 aromatic rings. The molecular weight excluding hydrogens is 316 g/mol. The summed E-state index contributed by atoms with van der Waals surface area (Å²) in [4.78, 5) is 2.54. The summed E-state index contributed by atoms with van der Waals surface area (Å²) in [6, 6.07) is 6.49. The minimum Gasteiger partial charge on any atom is -0.200 e. The van der Waals surface area contributed by atoms with Crippen LogP contribution in [0.5, 0.6) is 0 Å². The van der Waals surface area contributed by atoms with Gasteiger partial charge in [-0.3, -0.25) is 0 Å². The normalized spacial score (nSPS) is 16.4. The predicted octanol–water partition coefficient (Wildman–Crippen LogP) is 3.05. The van der Waals surface area contributed by atoms with Gasteiger partial charge in [-0.2, -0.15) is 13.5 Å². The fourth-order valence-electron chi connectivity index (χ4n) is 1.86. The van der Waals surface area contributed by atoms with Crippen LogP contribution >= 0.6 is 15.9 Å². The van der Waals surface area contributed by atoms with E-state index in [1.165, 1.54) is 6.42 Å². The van der Waals surface area contributed by atoms with Crippen molar-refractivity contribution in [2.45, 2.75) is 37.0 Å². The number of sulfonamides is 1. The molecule has 0 atom stereocenters. The Bertz CT molecular complexity index is 530. The smallest absolute Gasteiger partial charge is 0.200 e. The van der Waals surface area contributed by atoms with Crippen molar-refractivity contribution in [3.05, 3.63) is 28.7 Å². The number of rotatable bonds is 3. The molecule has 0 bridgehead atoms. The van der Waals surface area contributed by atoms with E-state index in [0.29, 0.717) is 0 Å². The Morgan fingerprint density at radius 3 is 2.28 bits per heavy atom. The van der Waals surface area contributed by atoms with E-state index in [1.54, 1.807) is 24.3 Å². The topological polar surface area (TPSA) is 58.5 Å². The maximum absolute atomic E-state index is 12.0. The van der Waals surface area contributed by atoms with Gasteiger partial charge in [-0.15, -0.1) is 0 Å². The Hall–Kier alpha value is -0.880. The summed E-state index contributed by atoms with van der Waals surface area (Å²) < 4.78 is 24.8. The fraction of sp³-hybridized carbons (Fsp3) is 0.417. The van der Waals surface area contributed by atoms with E-state index in [2.05, 4.69) is 25.9 Å². The lowest BCUT2D eigenvalue weighted by Gasteiger charge is -2.12. The van der Waals surface area contributed by atoms with Crippen molar-refractivity contribution < 1.29 is 8.42 Å². The van der Waals surface area contributed by atoms with Crippen molar-refractivity contribution in [2.75, 3.05) is 0 Å². The molecule has 1 saturated carbocycles. The summed E-state index contributed by atoms with van der Waals surface area (Å²) in [5.41, 5.74) is 0.946. The third-order valence-electron chi connectivity index (χ3n) is 2.88. The SMILES string of the molecule is O=S(=O)(NN=C1CCCCC1)c1ccc(Br)cc1. The number of nitrogens with one attached hydrogen (secondary N) is 1. The first kappa shape index (κ1) is 13.5. The second kappa shape index (κ2) is 5.84. The summed E-state index contributed by atoms with van der Waals surface area (Å²) >= 11 is 3.27. The van der Waals surface area contributed by atoms with E-state index in [0.717, 1.165) is 35.9 Å². The van der Waals surface area contributed by atoms with Gasteiger partial charge in [0.1, 0.15) is 0 Å². The van der Waals surface area contributed by atoms with Crippen LogP contribution in [0.15, 0.2) is 38.7 Å². The van der Waals surface area contributed by atoms with Crippen LogP contribution in [0, 0.1) is 0 Å². The van der Waals surface area contributed by atoms with E-state index in [1.807, 2.05) is 0 Å². The van der Waals surface area contributed by atoms with Gasteiger partial charge in [-0.05, 0) is 49.9 Å². The average molecular weight is 331 g/mol. The van der Waals surface area contributed by atoms with Gasteiger partial charge in [0, 0.05) is 10.2 Å². The molecule has 1 aliphatic carbocycles. The van der Waals surface area contributed by atoms with Gasteiger partial charge < -0.3 is 0 Å². The lowest BCUT2D eigenvalue weighted by molar-refractivity contribution is 0.583. The highest BCUT2D eigenvalue weighted by Gasteiger charge is 2.14. The maximum Gasteiger partial charge on any atom is 0.276 e. The minimum absolute atomic E-state index is 0.228. The molecule has 2 rings (SSSR count). The molecule has 0 spiro atoms. The van der Waals surface area contributed by atoms with Crippen LogP contribution in [0.2, 0.25) is 0 Å². The average Bonchev–Trinajstić information content (AvgIpc) is 2.38. The number of nitrogens with zero attached hydrogens (tertiary/aromatic N) is 1. The Kier molecular flexibility index (Phi) is 4.40. The zero-order valence-corrected chi connectivity index (χ0v) is 12.3. The fourth-order valence-corrected chi connectivity index (χ4v) is 2.98. The maximum atomic E-state index is 12.0. The molecule has 0 aliphatic heterocycles.